The highest BCUT2D eigenvalue weighted by atomic mass is 32.1. The van der Waals surface area contributed by atoms with Gasteiger partial charge < -0.3 is 9.84 Å². The van der Waals surface area contributed by atoms with Gasteiger partial charge in [-0.1, -0.05) is 41.7 Å². The summed E-state index contributed by atoms with van der Waals surface area (Å²) in [7, 11) is 1.54. The van der Waals surface area contributed by atoms with Crippen LogP contribution in [0.1, 0.15) is 5.56 Å². The lowest BCUT2D eigenvalue weighted by Crippen LogP contribution is -2.35. The molecule has 0 spiro atoms. The quantitative estimate of drug-likeness (QED) is 0.513. The number of carboxylic acids is 1. The number of hydrogen-bond donors (Lipinski definition) is 1. The Hall–Kier alpha value is -4.05. The summed E-state index contributed by atoms with van der Waals surface area (Å²) in [5.41, 5.74) is 1.30. The molecule has 1 aliphatic rings. The lowest BCUT2D eigenvalue weighted by molar-refractivity contribution is -0.136. The van der Waals surface area contributed by atoms with Crippen LogP contribution < -0.4 is 19.7 Å². The topological polar surface area (TPSA) is 114 Å². The Morgan fingerprint density at radius 1 is 1.10 bits per heavy atom. The standard InChI is InChI=1S/C21H14N4O5S/c1-30-14-9-5-3-7-12(14)18-22-21-25(23-18)20(29)17(31-21)16-11-6-2-4-8-13(11)24(19(16)28)10-15(26)27/h2-9H,10H2,1H3,(H,26,27)/b17-16+. The maximum absolute atomic E-state index is 13.1. The fraction of sp³-hybridized carbons (Fsp3) is 0.0952. The van der Waals surface area contributed by atoms with E-state index in [-0.39, 0.29) is 10.1 Å². The van der Waals surface area contributed by atoms with E-state index in [1.165, 1.54) is 7.11 Å². The summed E-state index contributed by atoms with van der Waals surface area (Å²) >= 11 is 1.04. The summed E-state index contributed by atoms with van der Waals surface area (Å²) in [6.07, 6.45) is 0. The van der Waals surface area contributed by atoms with E-state index in [0.717, 1.165) is 20.8 Å². The third-order valence-electron chi connectivity index (χ3n) is 4.95. The molecule has 0 unspecified atom stereocenters. The zero-order chi connectivity index (χ0) is 21.7. The molecule has 0 bridgehead atoms. The molecule has 1 N–H and O–H groups in total. The van der Waals surface area contributed by atoms with Crippen LogP contribution in [-0.4, -0.2) is 45.2 Å². The molecule has 0 atom stereocenters. The number of aliphatic carboxylic acids is 1. The smallest absolute Gasteiger partial charge is 0.323 e. The number of fused-ring (bicyclic) bond motifs is 2. The van der Waals surface area contributed by atoms with Gasteiger partial charge in [-0.2, -0.15) is 9.50 Å². The van der Waals surface area contributed by atoms with Crippen molar-refractivity contribution in [1.82, 2.24) is 14.6 Å². The summed E-state index contributed by atoms with van der Waals surface area (Å²) < 4.78 is 6.67. The van der Waals surface area contributed by atoms with Crippen LogP contribution in [0.25, 0.3) is 21.9 Å². The number of aromatic nitrogens is 3. The van der Waals surface area contributed by atoms with Crippen LogP contribution in [-0.2, 0) is 9.59 Å². The average Bonchev–Trinajstić information content (AvgIpc) is 3.39. The Labute approximate surface area is 178 Å². The first-order valence-electron chi connectivity index (χ1n) is 9.20. The fourth-order valence-corrected chi connectivity index (χ4v) is 4.62. The van der Waals surface area contributed by atoms with Crippen molar-refractivity contribution in [1.29, 1.82) is 0 Å². The first kappa shape index (κ1) is 18.9. The largest absolute Gasteiger partial charge is 0.496 e. The second-order valence-corrected chi connectivity index (χ2v) is 7.72. The number of benzene rings is 2. The molecule has 10 heteroatoms. The van der Waals surface area contributed by atoms with Crippen molar-refractivity contribution in [2.75, 3.05) is 18.6 Å². The van der Waals surface area contributed by atoms with Gasteiger partial charge in [0.05, 0.1) is 23.9 Å². The van der Waals surface area contributed by atoms with Crippen LogP contribution in [0, 0.1) is 0 Å². The highest BCUT2D eigenvalue weighted by Gasteiger charge is 2.35. The van der Waals surface area contributed by atoms with Crippen LogP contribution in [0.5, 0.6) is 5.75 Å². The normalized spacial score (nSPS) is 14.9. The van der Waals surface area contributed by atoms with Gasteiger partial charge >= 0.3 is 5.97 Å². The number of methoxy groups -OCH3 is 1. The van der Waals surface area contributed by atoms with Gasteiger partial charge in [0, 0.05) is 5.56 Å². The second-order valence-electron chi connectivity index (χ2n) is 6.74. The van der Waals surface area contributed by atoms with Gasteiger partial charge in [0.15, 0.2) is 5.82 Å². The Bertz CT molecular complexity index is 1490. The van der Waals surface area contributed by atoms with Crippen molar-refractivity contribution in [3.05, 3.63) is 69.0 Å². The number of hydrogen-bond acceptors (Lipinski definition) is 7. The average molecular weight is 434 g/mol. The molecule has 0 saturated heterocycles. The molecule has 0 aliphatic carbocycles. The Morgan fingerprint density at radius 2 is 1.81 bits per heavy atom. The van der Waals surface area contributed by atoms with Gasteiger partial charge in [0.25, 0.3) is 11.5 Å². The van der Waals surface area contributed by atoms with Crippen LogP contribution in [0.2, 0.25) is 0 Å². The number of ether oxygens (including phenoxy) is 1. The molecule has 0 fully saturated rings. The number of thiazole rings is 1. The van der Waals surface area contributed by atoms with Crippen molar-refractivity contribution < 1.29 is 19.4 Å². The van der Waals surface area contributed by atoms with E-state index >= 15 is 0 Å². The molecule has 0 saturated carbocycles. The van der Waals surface area contributed by atoms with E-state index < -0.39 is 24.0 Å². The monoisotopic (exact) mass is 434 g/mol. The first-order valence-corrected chi connectivity index (χ1v) is 10.0. The van der Waals surface area contributed by atoms with E-state index in [0.29, 0.717) is 33.3 Å². The Balaban J connectivity index is 1.72. The predicted octanol–water partition coefficient (Wildman–Crippen LogP) is 1.18. The minimum absolute atomic E-state index is 0.165. The molecule has 9 nitrogen and oxygen atoms in total. The second kappa shape index (κ2) is 7.03. The van der Waals surface area contributed by atoms with Gasteiger partial charge in [0.2, 0.25) is 4.96 Å². The van der Waals surface area contributed by atoms with Gasteiger partial charge in [-0.05, 0) is 18.2 Å². The van der Waals surface area contributed by atoms with Crippen molar-refractivity contribution in [3.8, 4) is 17.1 Å². The van der Waals surface area contributed by atoms with Gasteiger partial charge in [0.1, 0.15) is 16.8 Å². The number of carbonyl (C=O) groups excluding carboxylic acids is 1. The van der Waals surface area contributed by atoms with Crippen LogP contribution in [0.3, 0.4) is 0 Å². The van der Waals surface area contributed by atoms with Crippen LogP contribution >= 0.6 is 11.3 Å². The SMILES string of the molecule is COc1ccccc1-c1nc2s/c(=C3/C(=O)N(CC(=O)O)c4ccccc43)c(=O)n2n1. The highest BCUT2D eigenvalue weighted by molar-refractivity contribution is 7.15. The fourth-order valence-electron chi connectivity index (χ4n) is 3.62. The molecular formula is C21H14N4O5S. The molecule has 2 aromatic heterocycles. The zero-order valence-corrected chi connectivity index (χ0v) is 16.9. The van der Waals surface area contributed by atoms with E-state index in [1.807, 2.05) is 12.1 Å². The van der Waals surface area contributed by atoms with Crippen LogP contribution in [0.15, 0.2) is 53.3 Å². The maximum atomic E-state index is 13.1. The number of anilines is 1. The molecule has 3 heterocycles. The summed E-state index contributed by atoms with van der Waals surface area (Å²) in [4.78, 5) is 43.4. The Kier molecular flexibility index (Phi) is 4.29. The lowest BCUT2D eigenvalue weighted by Gasteiger charge is -2.13. The van der Waals surface area contributed by atoms with Crippen molar-refractivity contribution in [2.24, 2.45) is 0 Å². The summed E-state index contributed by atoms with van der Waals surface area (Å²) in [5, 5.41) is 13.5. The van der Waals surface area contributed by atoms with Crippen molar-refractivity contribution in [3.63, 3.8) is 0 Å². The summed E-state index contributed by atoms with van der Waals surface area (Å²) in [6, 6.07) is 14.0. The number of carbonyl (C=O) groups is 2. The number of rotatable bonds is 4. The minimum Gasteiger partial charge on any atom is -0.496 e. The van der Waals surface area contributed by atoms with Gasteiger partial charge in [-0.15, -0.1) is 5.10 Å². The van der Waals surface area contributed by atoms with E-state index in [4.69, 9.17) is 4.74 Å². The number of amides is 1. The van der Waals surface area contributed by atoms with E-state index in [2.05, 4.69) is 10.1 Å². The summed E-state index contributed by atoms with van der Waals surface area (Å²) in [5.74, 6) is -0.763. The van der Waals surface area contributed by atoms with Gasteiger partial charge in [-0.3, -0.25) is 19.3 Å². The lowest BCUT2D eigenvalue weighted by atomic mass is 10.1. The zero-order valence-electron chi connectivity index (χ0n) is 16.1. The maximum Gasteiger partial charge on any atom is 0.323 e. The molecular weight excluding hydrogens is 420 g/mol. The Morgan fingerprint density at radius 3 is 2.52 bits per heavy atom. The molecule has 1 aliphatic heterocycles. The molecule has 2 aromatic carbocycles. The molecule has 154 valence electrons. The molecule has 0 radical (unpaired) electrons. The number of para-hydroxylation sites is 2. The van der Waals surface area contributed by atoms with Crippen molar-refractivity contribution >= 4 is 39.4 Å². The van der Waals surface area contributed by atoms with Crippen molar-refractivity contribution in [2.45, 2.75) is 0 Å². The molecule has 4 aromatic rings. The third kappa shape index (κ3) is 2.88. The minimum atomic E-state index is -1.14. The number of carboxylic acid groups (broad SMARTS) is 1. The molecule has 31 heavy (non-hydrogen) atoms. The van der Waals surface area contributed by atoms with E-state index in [9.17, 15) is 19.5 Å². The third-order valence-corrected chi connectivity index (χ3v) is 5.98. The van der Waals surface area contributed by atoms with Crippen LogP contribution in [0.4, 0.5) is 5.69 Å². The first-order chi connectivity index (χ1) is 15.0. The number of nitrogens with zero attached hydrogens (tertiary/aromatic N) is 4. The molecule has 5 rings (SSSR count). The summed E-state index contributed by atoms with van der Waals surface area (Å²) in [6.45, 7) is -0.494. The highest BCUT2D eigenvalue weighted by Crippen LogP contribution is 2.35. The molecule has 1 amide bonds. The predicted molar refractivity (Wildman–Crippen MR) is 113 cm³/mol. The van der Waals surface area contributed by atoms with Gasteiger partial charge in [-0.25, -0.2) is 0 Å². The van der Waals surface area contributed by atoms with E-state index in [1.54, 1.807) is 36.4 Å².